The first kappa shape index (κ1) is 19.4. The van der Waals surface area contributed by atoms with Crippen LogP contribution in [0.25, 0.3) is 6.08 Å². The standard InChI is InChI=1S/C11H9N.C8H14O2/c12-10-6-2-5-9-11-7-3-1-4-8-11;1-3-4-5-6-7(2)8(9)10/h1-9H;6H,3-5H2,1-2H3,(H,9,10). The molecule has 3 nitrogen and oxygen atoms in total. The Hall–Kier alpha value is -2.60. The zero-order valence-corrected chi connectivity index (χ0v) is 13.2. The van der Waals surface area contributed by atoms with Crippen molar-refractivity contribution in [2.45, 2.75) is 33.1 Å². The Morgan fingerprint density at radius 2 is 1.95 bits per heavy atom. The number of carboxylic acid groups (broad SMARTS) is 1. The molecule has 1 aromatic rings. The van der Waals surface area contributed by atoms with Gasteiger partial charge in [0.1, 0.15) is 0 Å². The van der Waals surface area contributed by atoms with Crippen molar-refractivity contribution < 1.29 is 9.90 Å². The molecule has 0 aliphatic rings. The van der Waals surface area contributed by atoms with E-state index in [0.29, 0.717) is 5.57 Å². The molecule has 22 heavy (non-hydrogen) atoms. The van der Waals surface area contributed by atoms with E-state index in [1.54, 1.807) is 19.1 Å². The monoisotopic (exact) mass is 297 g/mol. The number of rotatable bonds is 6. The van der Waals surface area contributed by atoms with E-state index >= 15 is 0 Å². The van der Waals surface area contributed by atoms with Crippen LogP contribution in [0.3, 0.4) is 0 Å². The molecule has 0 bridgehead atoms. The van der Waals surface area contributed by atoms with Gasteiger partial charge in [0.05, 0.1) is 6.07 Å². The molecule has 0 amide bonds. The van der Waals surface area contributed by atoms with Crippen LogP contribution in [0, 0.1) is 11.3 Å². The van der Waals surface area contributed by atoms with Gasteiger partial charge in [0.25, 0.3) is 0 Å². The molecule has 0 saturated heterocycles. The normalized spacial score (nSPS) is 11.0. The highest BCUT2D eigenvalue weighted by Gasteiger charge is 1.96. The minimum atomic E-state index is -0.809. The fourth-order valence-corrected chi connectivity index (χ4v) is 1.44. The molecular formula is C19H23NO2. The summed E-state index contributed by atoms with van der Waals surface area (Å²) in [6.45, 7) is 3.71. The summed E-state index contributed by atoms with van der Waals surface area (Å²) in [7, 11) is 0. The molecule has 0 aliphatic carbocycles. The van der Waals surface area contributed by atoms with Gasteiger partial charge in [-0.1, -0.05) is 74.4 Å². The summed E-state index contributed by atoms with van der Waals surface area (Å²) in [5.41, 5.74) is 1.59. The number of carbonyl (C=O) groups is 1. The van der Waals surface area contributed by atoms with Crippen LogP contribution in [-0.2, 0) is 4.79 Å². The second-order valence-corrected chi connectivity index (χ2v) is 4.59. The lowest BCUT2D eigenvalue weighted by atomic mass is 10.2. The lowest BCUT2D eigenvalue weighted by Crippen LogP contribution is -1.95. The van der Waals surface area contributed by atoms with Crippen molar-refractivity contribution in [3.05, 3.63) is 65.8 Å². The van der Waals surface area contributed by atoms with E-state index in [0.717, 1.165) is 24.8 Å². The van der Waals surface area contributed by atoms with Crippen LogP contribution in [0.15, 0.2) is 60.2 Å². The Kier molecular flexibility index (Phi) is 11.8. The first-order valence-corrected chi connectivity index (χ1v) is 7.29. The second kappa shape index (κ2) is 13.4. The van der Waals surface area contributed by atoms with Gasteiger partial charge in [0.2, 0.25) is 0 Å². The second-order valence-electron chi connectivity index (χ2n) is 4.59. The topological polar surface area (TPSA) is 61.1 Å². The largest absolute Gasteiger partial charge is 0.478 e. The Balaban J connectivity index is 0.000000409. The van der Waals surface area contributed by atoms with Crippen molar-refractivity contribution in [1.82, 2.24) is 0 Å². The van der Waals surface area contributed by atoms with Gasteiger partial charge in [-0.15, -0.1) is 0 Å². The molecule has 3 heteroatoms. The first-order valence-electron chi connectivity index (χ1n) is 7.29. The summed E-state index contributed by atoms with van der Waals surface area (Å²) < 4.78 is 0. The number of allylic oxidation sites excluding steroid dienone is 4. The van der Waals surface area contributed by atoms with E-state index in [9.17, 15) is 4.79 Å². The third-order valence-electron chi connectivity index (χ3n) is 2.72. The van der Waals surface area contributed by atoms with Gasteiger partial charge in [-0.05, 0) is 18.9 Å². The molecule has 0 fully saturated rings. The number of hydrogen-bond donors (Lipinski definition) is 1. The number of carboxylic acids is 1. The van der Waals surface area contributed by atoms with Gasteiger partial charge in [0, 0.05) is 11.6 Å². The van der Waals surface area contributed by atoms with E-state index in [2.05, 4.69) is 6.92 Å². The van der Waals surface area contributed by atoms with Gasteiger partial charge in [-0.25, -0.2) is 4.79 Å². The molecule has 0 heterocycles. The highest BCUT2D eigenvalue weighted by molar-refractivity contribution is 5.85. The van der Waals surface area contributed by atoms with Crippen LogP contribution >= 0.6 is 0 Å². The summed E-state index contributed by atoms with van der Waals surface area (Å²) in [4.78, 5) is 10.2. The summed E-state index contributed by atoms with van der Waals surface area (Å²) >= 11 is 0. The van der Waals surface area contributed by atoms with Gasteiger partial charge in [-0.3, -0.25) is 0 Å². The smallest absolute Gasteiger partial charge is 0.330 e. The van der Waals surface area contributed by atoms with Crippen molar-refractivity contribution in [2.75, 3.05) is 0 Å². The lowest BCUT2D eigenvalue weighted by molar-refractivity contribution is -0.132. The molecule has 0 aliphatic heterocycles. The van der Waals surface area contributed by atoms with Gasteiger partial charge >= 0.3 is 5.97 Å². The third kappa shape index (κ3) is 11.2. The Morgan fingerprint density at radius 1 is 1.27 bits per heavy atom. The van der Waals surface area contributed by atoms with Crippen LogP contribution in [0.1, 0.15) is 38.7 Å². The minimum Gasteiger partial charge on any atom is -0.478 e. The number of nitriles is 1. The number of aliphatic carboxylic acids is 1. The number of unbranched alkanes of at least 4 members (excludes halogenated alkanes) is 2. The Labute approximate surface area is 132 Å². The predicted octanol–water partition coefficient (Wildman–Crippen LogP) is 4.99. The van der Waals surface area contributed by atoms with Crippen molar-refractivity contribution in [2.24, 2.45) is 0 Å². The van der Waals surface area contributed by atoms with Crippen molar-refractivity contribution in [1.29, 1.82) is 5.26 Å². The summed E-state index contributed by atoms with van der Waals surface area (Å²) in [6, 6.07) is 11.9. The maximum Gasteiger partial charge on any atom is 0.330 e. The van der Waals surface area contributed by atoms with Crippen LogP contribution < -0.4 is 0 Å². The van der Waals surface area contributed by atoms with Crippen molar-refractivity contribution >= 4 is 12.0 Å². The molecule has 0 radical (unpaired) electrons. The fraction of sp³-hybridized carbons (Fsp3) is 0.263. The molecule has 1 aromatic carbocycles. The van der Waals surface area contributed by atoms with E-state index in [1.807, 2.05) is 48.6 Å². The average molecular weight is 297 g/mol. The zero-order chi connectivity index (χ0) is 16.6. The zero-order valence-electron chi connectivity index (χ0n) is 13.2. The van der Waals surface area contributed by atoms with Gasteiger partial charge in [-0.2, -0.15) is 5.26 Å². The lowest BCUT2D eigenvalue weighted by Gasteiger charge is -1.91. The van der Waals surface area contributed by atoms with Crippen LogP contribution in [0.2, 0.25) is 0 Å². The molecule has 0 atom stereocenters. The predicted molar refractivity (Wildman–Crippen MR) is 91.1 cm³/mol. The third-order valence-corrected chi connectivity index (χ3v) is 2.72. The molecule has 116 valence electrons. The molecular weight excluding hydrogens is 274 g/mol. The van der Waals surface area contributed by atoms with E-state index in [-0.39, 0.29) is 0 Å². The summed E-state index contributed by atoms with van der Waals surface area (Å²) in [6.07, 6.45) is 11.8. The van der Waals surface area contributed by atoms with Gasteiger partial charge < -0.3 is 5.11 Å². The van der Waals surface area contributed by atoms with Crippen LogP contribution in [0.4, 0.5) is 0 Å². The maximum absolute atomic E-state index is 10.2. The van der Waals surface area contributed by atoms with Crippen LogP contribution in [0.5, 0.6) is 0 Å². The number of hydrogen-bond acceptors (Lipinski definition) is 2. The molecule has 1 N–H and O–H groups in total. The van der Waals surface area contributed by atoms with E-state index in [1.165, 1.54) is 6.08 Å². The average Bonchev–Trinajstić information content (AvgIpc) is 2.53. The molecule has 0 aromatic heterocycles. The van der Waals surface area contributed by atoms with Crippen molar-refractivity contribution in [3.63, 3.8) is 0 Å². The SMILES string of the molecule is CCCCC=C(C)C(=O)O.N#CC=CC=Cc1ccccc1. The van der Waals surface area contributed by atoms with Crippen molar-refractivity contribution in [3.8, 4) is 6.07 Å². The highest BCUT2D eigenvalue weighted by Crippen LogP contribution is 2.01. The molecule has 0 saturated carbocycles. The van der Waals surface area contributed by atoms with E-state index < -0.39 is 5.97 Å². The quantitative estimate of drug-likeness (QED) is 0.348. The first-order chi connectivity index (χ1) is 10.6. The summed E-state index contributed by atoms with van der Waals surface area (Å²) in [5.74, 6) is -0.809. The number of nitrogens with zero attached hydrogens (tertiary/aromatic N) is 1. The van der Waals surface area contributed by atoms with Crippen LogP contribution in [-0.4, -0.2) is 11.1 Å². The maximum atomic E-state index is 10.2. The molecule has 1 rings (SSSR count). The fourth-order valence-electron chi connectivity index (χ4n) is 1.44. The number of benzene rings is 1. The minimum absolute atomic E-state index is 0.452. The summed E-state index contributed by atoms with van der Waals surface area (Å²) in [5, 5.41) is 16.6. The highest BCUT2D eigenvalue weighted by atomic mass is 16.4. The van der Waals surface area contributed by atoms with Gasteiger partial charge in [0.15, 0.2) is 0 Å². The Bertz CT molecular complexity index is 549. The van der Waals surface area contributed by atoms with E-state index in [4.69, 9.17) is 10.4 Å². The Morgan fingerprint density at radius 3 is 2.50 bits per heavy atom. The molecule has 0 unspecified atom stereocenters. The molecule has 0 spiro atoms.